The number of nitrogens with zero attached hydrogens (tertiary/aromatic N) is 2. The monoisotopic (exact) mass is 491 g/mol. The van der Waals surface area contributed by atoms with Crippen molar-refractivity contribution in [3.8, 4) is 0 Å². The predicted molar refractivity (Wildman–Crippen MR) is 134 cm³/mol. The first-order valence-electron chi connectivity index (χ1n) is 10.5. The van der Waals surface area contributed by atoms with Crippen LogP contribution in [-0.4, -0.2) is 23.9 Å². The number of aromatic nitrogens is 2. The highest BCUT2D eigenvalue weighted by molar-refractivity contribution is 7.90. The summed E-state index contributed by atoms with van der Waals surface area (Å²) in [5, 5.41) is 0.584. The average molecular weight is 492 g/mol. The van der Waals surface area contributed by atoms with E-state index in [1.165, 1.54) is 18.3 Å². The number of rotatable bonds is 7. The first kappa shape index (κ1) is 23.5. The maximum Gasteiger partial charge on any atom is 0.285 e. The molecule has 1 N–H and O–H groups in total. The van der Waals surface area contributed by atoms with E-state index in [1.54, 1.807) is 29.7 Å². The van der Waals surface area contributed by atoms with Crippen molar-refractivity contribution >= 4 is 39.7 Å². The number of hydrogen-bond donors (Lipinski definition) is 1. The van der Waals surface area contributed by atoms with Gasteiger partial charge in [-0.3, -0.25) is 4.79 Å². The third kappa shape index (κ3) is 5.62. The lowest BCUT2D eigenvalue weighted by Crippen LogP contribution is -2.30. The van der Waals surface area contributed by atoms with Gasteiger partial charge in [-0.25, -0.2) is 18.1 Å². The van der Waals surface area contributed by atoms with Crippen LogP contribution in [0.2, 0.25) is 5.02 Å². The summed E-state index contributed by atoms with van der Waals surface area (Å²) >= 11 is 6.51. The first-order valence-corrected chi connectivity index (χ1v) is 12.4. The summed E-state index contributed by atoms with van der Waals surface area (Å²) in [7, 11) is -3.98. The van der Waals surface area contributed by atoms with Gasteiger partial charge in [-0.15, -0.1) is 0 Å². The van der Waals surface area contributed by atoms with Crippen molar-refractivity contribution in [2.75, 3.05) is 0 Å². The summed E-state index contributed by atoms with van der Waals surface area (Å²) in [5.41, 5.74) is 2.92. The van der Waals surface area contributed by atoms with Gasteiger partial charge in [0.05, 0.1) is 11.4 Å². The second-order valence-corrected chi connectivity index (χ2v) is 9.73. The number of hydrogen-bond acceptors (Lipinski definition) is 4. The first-order chi connectivity index (χ1) is 16.3. The highest BCUT2D eigenvalue weighted by Gasteiger charge is 2.21. The van der Waals surface area contributed by atoms with Gasteiger partial charge in [0.15, 0.2) is 0 Å². The lowest BCUT2D eigenvalue weighted by molar-refractivity contribution is 0.0977. The Labute approximate surface area is 203 Å². The fraction of sp³-hybridized carbons (Fsp3) is 0.0769. The van der Waals surface area contributed by atoms with Crippen LogP contribution in [0.25, 0.3) is 12.2 Å². The highest BCUT2D eigenvalue weighted by atomic mass is 35.5. The second-order valence-electron chi connectivity index (χ2n) is 7.64. The molecule has 34 heavy (non-hydrogen) atoms. The quantitative estimate of drug-likeness (QED) is 0.361. The topological polar surface area (TPSA) is 81.1 Å². The second kappa shape index (κ2) is 10.1. The summed E-state index contributed by atoms with van der Waals surface area (Å²) in [6.07, 6.45) is 5.52. The molecule has 0 aliphatic heterocycles. The van der Waals surface area contributed by atoms with Gasteiger partial charge in [0.25, 0.3) is 15.9 Å². The van der Waals surface area contributed by atoms with Gasteiger partial charge in [0.2, 0.25) is 0 Å². The number of halogens is 1. The largest absolute Gasteiger partial charge is 0.330 e. The Kier molecular flexibility index (Phi) is 6.95. The summed E-state index contributed by atoms with van der Waals surface area (Å²) in [6, 6.07) is 23.4. The minimum absolute atomic E-state index is 0.00712. The van der Waals surface area contributed by atoms with E-state index in [1.807, 2.05) is 60.7 Å². The Morgan fingerprint density at radius 3 is 2.29 bits per heavy atom. The molecule has 4 rings (SSSR count). The van der Waals surface area contributed by atoms with Crippen molar-refractivity contribution in [2.45, 2.75) is 18.4 Å². The van der Waals surface area contributed by atoms with Gasteiger partial charge in [-0.05, 0) is 41.8 Å². The Balaban J connectivity index is 1.47. The summed E-state index contributed by atoms with van der Waals surface area (Å²) in [6.45, 7) is 2.13. The minimum atomic E-state index is -3.98. The fourth-order valence-electron chi connectivity index (χ4n) is 3.35. The Hall–Kier alpha value is -3.68. The molecule has 8 heteroatoms. The number of nitrogens with one attached hydrogen (secondary N) is 1. The van der Waals surface area contributed by atoms with Gasteiger partial charge in [0.1, 0.15) is 11.5 Å². The minimum Gasteiger partial charge on any atom is -0.330 e. The standard InChI is InChI=1S/C26H22ClN3O3S/c1-19-28-25(26(31)29-34(32,33)23-10-6-3-7-11-23)18-30(19)17-22-15-14-21(16-24(22)27)13-12-20-8-4-2-5-9-20/h2-16,18H,17H2,1H3,(H,29,31). The summed E-state index contributed by atoms with van der Waals surface area (Å²) < 4.78 is 28.7. The van der Waals surface area contributed by atoms with Crippen molar-refractivity contribution < 1.29 is 13.2 Å². The van der Waals surface area contributed by atoms with Crippen LogP contribution in [0, 0.1) is 6.92 Å². The van der Waals surface area contributed by atoms with Crippen LogP contribution < -0.4 is 4.72 Å². The normalized spacial score (nSPS) is 11.6. The van der Waals surface area contributed by atoms with Crippen LogP contribution in [-0.2, 0) is 16.6 Å². The molecule has 172 valence electrons. The van der Waals surface area contributed by atoms with Crippen molar-refractivity contribution in [3.05, 3.63) is 118 Å². The molecule has 0 radical (unpaired) electrons. The highest BCUT2D eigenvalue weighted by Crippen LogP contribution is 2.21. The van der Waals surface area contributed by atoms with Crippen molar-refractivity contribution in [2.24, 2.45) is 0 Å². The summed E-state index contributed by atoms with van der Waals surface area (Å²) in [4.78, 5) is 16.8. The van der Waals surface area contributed by atoms with E-state index in [0.29, 0.717) is 17.4 Å². The van der Waals surface area contributed by atoms with Gasteiger partial charge in [-0.2, -0.15) is 0 Å². The third-order valence-corrected chi connectivity index (χ3v) is 6.87. The van der Waals surface area contributed by atoms with Crippen LogP contribution in [0.1, 0.15) is 33.0 Å². The van der Waals surface area contributed by atoms with E-state index in [4.69, 9.17) is 11.6 Å². The Morgan fingerprint density at radius 2 is 1.62 bits per heavy atom. The number of imidazole rings is 1. The molecule has 1 aromatic heterocycles. The van der Waals surface area contributed by atoms with Crippen LogP contribution in [0.4, 0.5) is 0 Å². The Morgan fingerprint density at radius 1 is 0.971 bits per heavy atom. The van der Waals surface area contributed by atoms with Crippen LogP contribution in [0.5, 0.6) is 0 Å². The molecular weight excluding hydrogens is 470 g/mol. The lowest BCUT2D eigenvalue weighted by Gasteiger charge is -2.08. The van der Waals surface area contributed by atoms with Gasteiger partial charge in [-0.1, -0.05) is 84.4 Å². The van der Waals surface area contributed by atoms with Crippen LogP contribution in [0.15, 0.2) is 90.0 Å². The number of sulfonamides is 1. The zero-order valence-corrected chi connectivity index (χ0v) is 19.9. The van der Waals surface area contributed by atoms with E-state index in [2.05, 4.69) is 9.71 Å². The summed E-state index contributed by atoms with van der Waals surface area (Å²) in [5.74, 6) is -0.232. The molecule has 1 heterocycles. The van der Waals surface area contributed by atoms with Crippen molar-refractivity contribution in [1.82, 2.24) is 14.3 Å². The third-order valence-electron chi connectivity index (χ3n) is 5.17. The zero-order chi connectivity index (χ0) is 24.1. The molecule has 0 aliphatic rings. The van der Waals surface area contributed by atoms with E-state index in [9.17, 15) is 13.2 Å². The van der Waals surface area contributed by atoms with E-state index in [0.717, 1.165) is 16.7 Å². The molecule has 0 bridgehead atoms. The number of amides is 1. The molecule has 0 fully saturated rings. The SMILES string of the molecule is Cc1nc(C(=O)NS(=O)(=O)c2ccccc2)cn1Cc1ccc(C=Cc2ccccc2)cc1Cl. The number of carbonyl (C=O) groups excluding carboxylic acids is 1. The molecule has 0 saturated carbocycles. The van der Waals surface area contributed by atoms with Gasteiger partial charge < -0.3 is 4.57 Å². The van der Waals surface area contributed by atoms with Gasteiger partial charge >= 0.3 is 0 Å². The van der Waals surface area contributed by atoms with Crippen LogP contribution in [0.3, 0.4) is 0 Å². The average Bonchev–Trinajstić information content (AvgIpc) is 3.20. The van der Waals surface area contributed by atoms with E-state index in [-0.39, 0.29) is 10.6 Å². The molecular formula is C26H22ClN3O3S. The Bertz CT molecular complexity index is 1450. The molecule has 0 saturated heterocycles. The fourth-order valence-corrected chi connectivity index (χ4v) is 4.58. The molecule has 1 amide bonds. The maximum atomic E-state index is 12.6. The number of aryl methyl sites for hydroxylation is 1. The molecule has 4 aromatic rings. The zero-order valence-electron chi connectivity index (χ0n) is 18.4. The van der Waals surface area contributed by atoms with Gasteiger partial charge in [0, 0.05) is 11.2 Å². The molecule has 6 nitrogen and oxygen atoms in total. The lowest BCUT2D eigenvalue weighted by atomic mass is 10.1. The van der Waals surface area contributed by atoms with Crippen LogP contribution >= 0.6 is 11.6 Å². The van der Waals surface area contributed by atoms with Crippen molar-refractivity contribution in [3.63, 3.8) is 0 Å². The van der Waals surface area contributed by atoms with E-state index < -0.39 is 15.9 Å². The molecule has 3 aromatic carbocycles. The molecule has 0 unspecified atom stereocenters. The molecule has 0 atom stereocenters. The maximum absolute atomic E-state index is 12.6. The number of carbonyl (C=O) groups is 1. The molecule has 0 spiro atoms. The van der Waals surface area contributed by atoms with E-state index >= 15 is 0 Å². The number of benzene rings is 3. The predicted octanol–water partition coefficient (Wildman–Crippen LogP) is 5.18. The van der Waals surface area contributed by atoms with Crippen molar-refractivity contribution in [1.29, 1.82) is 0 Å². The smallest absolute Gasteiger partial charge is 0.285 e. The molecule has 0 aliphatic carbocycles.